The number of benzene rings is 1. The summed E-state index contributed by atoms with van der Waals surface area (Å²) in [6.07, 6.45) is 0.692. The molecule has 2 unspecified atom stereocenters. The zero-order valence-corrected chi connectivity index (χ0v) is 11.2. The summed E-state index contributed by atoms with van der Waals surface area (Å²) < 4.78 is 0. The second-order valence-corrected chi connectivity index (χ2v) is 6.10. The Morgan fingerprint density at radius 3 is 2.16 bits per heavy atom. The van der Waals surface area contributed by atoms with Crippen molar-refractivity contribution >= 4 is 17.5 Å². The molecule has 2 amide bonds. The maximum atomic E-state index is 12.1. The number of rotatable bonds is 3. The van der Waals surface area contributed by atoms with Gasteiger partial charge in [-0.1, -0.05) is 26.0 Å². The number of imide groups is 1. The van der Waals surface area contributed by atoms with Crippen LogP contribution >= 0.6 is 0 Å². The number of nitrogens with zero attached hydrogens (tertiary/aromatic N) is 1. The van der Waals surface area contributed by atoms with Gasteiger partial charge in [0.25, 0.3) is 0 Å². The first kappa shape index (κ1) is 12.2. The van der Waals surface area contributed by atoms with Crippen LogP contribution in [0.2, 0.25) is 0 Å². The number of likely N-dealkylation sites (tertiary alicyclic amines) is 1. The van der Waals surface area contributed by atoms with Crippen LogP contribution in [0.4, 0.5) is 5.69 Å². The van der Waals surface area contributed by atoms with Crippen molar-refractivity contribution in [3.05, 3.63) is 29.8 Å². The zero-order valence-electron chi connectivity index (χ0n) is 11.2. The van der Waals surface area contributed by atoms with Gasteiger partial charge in [-0.15, -0.1) is 0 Å². The van der Waals surface area contributed by atoms with Gasteiger partial charge in [0.2, 0.25) is 11.8 Å². The molecule has 4 heteroatoms. The predicted molar refractivity (Wildman–Crippen MR) is 72.0 cm³/mol. The Balaban J connectivity index is 1.65. The molecule has 1 aliphatic heterocycles. The standard InChI is InChI=1S/C15H18N2O2/c1-15(2)11-12(15)14(19)17(13(11)18)8-7-9-3-5-10(16)6-4-9/h3-6,11-12H,7-8,16H2,1-2H3. The smallest absolute Gasteiger partial charge is 0.233 e. The Bertz CT molecular complexity index is 524. The first-order valence-electron chi connectivity index (χ1n) is 6.62. The predicted octanol–water partition coefficient (Wildman–Crippen LogP) is 1.45. The van der Waals surface area contributed by atoms with Crippen LogP contribution in [0.15, 0.2) is 24.3 Å². The lowest BCUT2D eigenvalue weighted by atomic mass is 10.0. The van der Waals surface area contributed by atoms with E-state index in [1.165, 1.54) is 4.90 Å². The van der Waals surface area contributed by atoms with Crippen molar-refractivity contribution in [2.45, 2.75) is 20.3 Å². The summed E-state index contributed by atoms with van der Waals surface area (Å²) in [4.78, 5) is 25.7. The fourth-order valence-corrected chi connectivity index (χ4v) is 3.15. The second kappa shape index (κ2) is 3.83. The van der Waals surface area contributed by atoms with E-state index < -0.39 is 0 Å². The summed E-state index contributed by atoms with van der Waals surface area (Å²) in [6, 6.07) is 7.54. The van der Waals surface area contributed by atoms with Gasteiger partial charge in [-0.05, 0) is 29.5 Å². The largest absolute Gasteiger partial charge is 0.399 e. The third-order valence-corrected chi connectivity index (χ3v) is 4.50. The zero-order chi connectivity index (χ0) is 13.8. The monoisotopic (exact) mass is 258 g/mol. The minimum atomic E-state index is -0.119. The number of carbonyl (C=O) groups is 2. The molecule has 1 saturated carbocycles. The molecule has 1 aromatic carbocycles. The Labute approximate surface area is 112 Å². The molecule has 2 fully saturated rings. The number of carbonyl (C=O) groups excluding carboxylic acids is 2. The fraction of sp³-hybridized carbons (Fsp3) is 0.467. The van der Waals surface area contributed by atoms with E-state index >= 15 is 0 Å². The molecule has 1 saturated heterocycles. The number of hydrogen-bond acceptors (Lipinski definition) is 3. The van der Waals surface area contributed by atoms with Gasteiger partial charge in [0.15, 0.2) is 0 Å². The Kier molecular flexibility index (Phi) is 2.46. The van der Waals surface area contributed by atoms with Crippen molar-refractivity contribution in [1.82, 2.24) is 4.90 Å². The van der Waals surface area contributed by atoms with E-state index in [2.05, 4.69) is 0 Å². The van der Waals surface area contributed by atoms with Crippen LogP contribution in [-0.4, -0.2) is 23.3 Å². The van der Waals surface area contributed by atoms with Crippen LogP contribution in [-0.2, 0) is 16.0 Å². The molecule has 2 aliphatic rings. The summed E-state index contributed by atoms with van der Waals surface area (Å²) in [5.41, 5.74) is 7.32. The molecule has 4 nitrogen and oxygen atoms in total. The number of nitrogens with two attached hydrogens (primary N) is 1. The van der Waals surface area contributed by atoms with Crippen LogP contribution in [0.5, 0.6) is 0 Å². The molecule has 100 valence electrons. The van der Waals surface area contributed by atoms with E-state index in [9.17, 15) is 9.59 Å². The van der Waals surface area contributed by atoms with Crippen LogP contribution in [0, 0.1) is 17.3 Å². The number of piperidine rings is 1. The van der Waals surface area contributed by atoms with E-state index in [-0.39, 0.29) is 29.1 Å². The number of fused-ring (bicyclic) bond motifs is 1. The van der Waals surface area contributed by atoms with Crippen molar-refractivity contribution < 1.29 is 9.59 Å². The molecular weight excluding hydrogens is 240 g/mol. The highest BCUT2D eigenvalue weighted by atomic mass is 16.2. The summed E-state index contributed by atoms with van der Waals surface area (Å²) in [7, 11) is 0. The third kappa shape index (κ3) is 1.74. The van der Waals surface area contributed by atoms with Crippen LogP contribution in [0.1, 0.15) is 19.4 Å². The van der Waals surface area contributed by atoms with Crippen molar-refractivity contribution in [2.24, 2.45) is 17.3 Å². The number of hydrogen-bond donors (Lipinski definition) is 1. The molecule has 1 aromatic rings. The molecule has 0 spiro atoms. The average molecular weight is 258 g/mol. The number of amides is 2. The highest BCUT2D eigenvalue weighted by Gasteiger charge is 2.72. The van der Waals surface area contributed by atoms with Gasteiger partial charge in [-0.3, -0.25) is 14.5 Å². The lowest BCUT2D eigenvalue weighted by Gasteiger charge is -2.20. The van der Waals surface area contributed by atoms with Gasteiger partial charge in [0.05, 0.1) is 11.8 Å². The average Bonchev–Trinajstić information content (AvgIpc) is 2.82. The van der Waals surface area contributed by atoms with E-state index in [0.29, 0.717) is 13.0 Å². The van der Waals surface area contributed by atoms with Gasteiger partial charge >= 0.3 is 0 Å². The lowest BCUT2D eigenvalue weighted by Crippen LogP contribution is -2.37. The molecule has 0 aromatic heterocycles. The third-order valence-electron chi connectivity index (χ3n) is 4.50. The van der Waals surface area contributed by atoms with Gasteiger partial charge in [0, 0.05) is 12.2 Å². The molecule has 1 aliphatic carbocycles. The quantitative estimate of drug-likeness (QED) is 0.659. The first-order chi connectivity index (χ1) is 8.93. The molecule has 1 heterocycles. The highest BCUT2D eigenvalue weighted by molar-refractivity contribution is 6.10. The number of nitrogen functional groups attached to an aromatic ring is 1. The second-order valence-electron chi connectivity index (χ2n) is 6.10. The minimum Gasteiger partial charge on any atom is -0.399 e. The van der Waals surface area contributed by atoms with Crippen molar-refractivity contribution in [2.75, 3.05) is 12.3 Å². The lowest BCUT2D eigenvalue weighted by molar-refractivity contribution is -0.142. The molecule has 2 N–H and O–H groups in total. The maximum absolute atomic E-state index is 12.1. The minimum absolute atomic E-state index is 0.00967. The van der Waals surface area contributed by atoms with E-state index in [4.69, 9.17) is 5.73 Å². The highest BCUT2D eigenvalue weighted by Crippen LogP contribution is 2.63. The van der Waals surface area contributed by atoms with Gasteiger partial charge in [-0.2, -0.15) is 0 Å². The Hall–Kier alpha value is -1.84. The van der Waals surface area contributed by atoms with Crippen LogP contribution in [0.25, 0.3) is 0 Å². The van der Waals surface area contributed by atoms with E-state index in [1.54, 1.807) is 0 Å². The molecule has 2 atom stereocenters. The SMILES string of the molecule is CC1(C)C2C(=O)N(CCc3ccc(N)cc3)C(=O)C21. The molecular formula is C15H18N2O2. The normalized spacial score (nSPS) is 27.6. The van der Waals surface area contributed by atoms with Crippen molar-refractivity contribution in [3.8, 4) is 0 Å². The van der Waals surface area contributed by atoms with Gasteiger partial charge < -0.3 is 5.73 Å². The molecule has 0 radical (unpaired) electrons. The Morgan fingerprint density at radius 1 is 1.11 bits per heavy atom. The summed E-state index contributed by atoms with van der Waals surface area (Å²) in [5, 5.41) is 0. The van der Waals surface area contributed by atoms with Gasteiger partial charge in [0.1, 0.15) is 0 Å². The Morgan fingerprint density at radius 2 is 1.63 bits per heavy atom. The van der Waals surface area contributed by atoms with Crippen molar-refractivity contribution in [3.63, 3.8) is 0 Å². The van der Waals surface area contributed by atoms with E-state index in [0.717, 1.165) is 11.3 Å². The molecule has 3 rings (SSSR count). The summed E-state index contributed by atoms with van der Waals surface area (Å²) in [6.45, 7) is 4.47. The van der Waals surface area contributed by atoms with Gasteiger partial charge in [-0.25, -0.2) is 0 Å². The number of anilines is 1. The summed E-state index contributed by atoms with van der Waals surface area (Å²) in [5.74, 6) is -0.135. The van der Waals surface area contributed by atoms with E-state index in [1.807, 2.05) is 38.1 Å². The first-order valence-corrected chi connectivity index (χ1v) is 6.62. The van der Waals surface area contributed by atoms with Crippen molar-refractivity contribution in [1.29, 1.82) is 0 Å². The molecule has 0 bridgehead atoms. The topological polar surface area (TPSA) is 63.4 Å². The summed E-state index contributed by atoms with van der Waals surface area (Å²) >= 11 is 0. The van der Waals surface area contributed by atoms with Crippen LogP contribution in [0.3, 0.4) is 0 Å². The molecule has 19 heavy (non-hydrogen) atoms. The van der Waals surface area contributed by atoms with Crippen LogP contribution < -0.4 is 5.73 Å². The maximum Gasteiger partial charge on any atom is 0.233 e. The fourth-order valence-electron chi connectivity index (χ4n) is 3.15.